The van der Waals surface area contributed by atoms with Gasteiger partial charge in [-0.2, -0.15) is 18.2 Å². The molecule has 2 heterocycles. The van der Waals surface area contributed by atoms with Crippen LogP contribution in [0.2, 0.25) is 0 Å². The Morgan fingerprint density at radius 1 is 1.12 bits per heavy atom. The van der Waals surface area contributed by atoms with E-state index in [0.717, 1.165) is 0 Å². The standard InChI is InChI=1S/C16H11F3N4O2/c17-16(18,19)15-22-13(23-25-15)9-10-4-6-11(7-5-10)21-14(24)12-3-1-2-8-20-12/h1-8H,9H2,(H,21,24). The van der Waals surface area contributed by atoms with E-state index in [1.807, 2.05) is 0 Å². The SMILES string of the molecule is O=C(Nc1ccc(Cc2noc(C(F)(F)F)n2)cc1)c1ccccn1. The average Bonchev–Trinajstić information content (AvgIpc) is 3.06. The Labute approximate surface area is 139 Å². The van der Waals surface area contributed by atoms with Crippen LogP contribution in [0.25, 0.3) is 0 Å². The maximum absolute atomic E-state index is 12.4. The Hall–Kier alpha value is -3.23. The van der Waals surface area contributed by atoms with Gasteiger partial charge in [0.15, 0.2) is 5.82 Å². The van der Waals surface area contributed by atoms with E-state index in [9.17, 15) is 18.0 Å². The molecule has 0 fully saturated rings. The Kier molecular flexibility index (Phi) is 4.46. The molecule has 9 heteroatoms. The number of pyridine rings is 1. The maximum Gasteiger partial charge on any atom is 0.471 e. The summed E-state index contributed by atoms with van der Waals surface area (Å²) in [6.45, 7) is 0. The first kappa shape index (κ1) is 16.6. The summed E-state index contributed by atoms with van der Waals surface area (Å²) < 4.78 is 41.4. The number of hydrogen-bond donors (Lipinski definition) is 1. The zero-order chi connectivity index (χ0) is 17.9. The van der Waals surface area contributed by atoms with Crippen LogP contribution in [0.1, 0.15) is 27.8 Å². The van der Waals surface area contributed by atoms with Crippen LogP contribution < -0.4 is 5.32 Å². The lowest BCUT2D eigenvalue weighted by Gasteiger charge is -2.05. The van der Waals surface area contributed by atoms with Gasteiger partial charge in [-0.3, -0.25) is 9.78 Å². The molecule has 0 aliphatic carbocycles. The van der Waals surface area contributed by atoms with E-state index in [0.29, 0.717) is 11.3 Å². The minimum Gasteiger partial charge on any atom is -0.329 e. The monoisotopic (exact) mass is 348 g/mol. The summed E-state index contributed by atoms with van der Waals surface area (Å²) in [6, 6.07) is 11.5. The molecular formula is C16H11F3N4O2. The van der Waals surface area contributed by atoms with Gasteiger partial charge in [-0.15, -0.1) is 0 Å². The molecule has 1 N–H and O–H groups in total. The highest BCUT2D eigenvalue weighted by molar-refractivity contribution is 6.02. The van der Waals surface area contributed by atoms with Gasteiger partial charge in [-0.1, -0.05) is 23.4 Å². The van der Waals surface area contributed by atoms with E-state index in [4.69, 9.17) is 0 Å². The van der Waals surface area contributed by atoms with Gasteiger partial charge in [0.05, 0.1) is 0 Å². The van der Waals surface area contributed by atoms with Crippen LogP contribution in [-0.2, 0) is 12.6 Å². The van der Waals surface area contributed by atoms with Crippen LogP contribution in [0.15, 0.2) is 53.2 Å². The minimum absolute atomic E-state index is 0.0717. The molecule has 0 saturated carbocycles. The van der Waals surface area contributed by atoms with E-state index >= 15 is 0 Å². The molecular weight excluding hydrogens is 337 g/mol. The van der Waals surface area contributed by atoms with Crippen molar-refractivity contribution in [3.8, 4) is 0 Å². The summed E-state index contributed by atoms with van der Waals surface area (Å²) in [4.78, 5) is 19.2. The van der Waals surface area contributed by atoms with E-state index in [1.165, 1.54) is 6.20 Å². The fraction of sp³-hybridized carbons (Fsp3) is 0.125. The van der Waals surface area contributed by atoms with Gasteiger partial charge < -0.3 is 9.84 Å². The third-order valence-corrected chi connectivity index (χ3v) is 3.18. The van der Waals surface area contributed by atoms with Crippen molar-refractivity contribution in [2.45, 2.75) is 12.6 Å². The van der Waals surface area contributed by atoms with Crippen molar-refractivity contribution in [2.75, 3.05) is 5.32 Å². The van der Waals surface area contributed by atoms with E-state index < -0.39 is 12.1 Å². The number of alkyl halides is 3. The minimum atomic E-state index is -4.66. The molecule has 0 atom stereocenters. The molecule has 6 nitrogen and oxygen atoms in total. The van der Waals surface area contributed by atoms with Crippen LogP contribution in [0.4, 0.5) is 18.9 Å². The zero-order valence-corrected chi connectivity index (χ0v) is 12.6. The molecule has 3 rings (SSSR count). The van der Waals surface area contributed by atoms with Gasteiger partial charge in [-0.25, -0.2) is 0 Å². The summed E-state index contributed by atoms with van der Waals surface area (Å²) in [7, 11) is 0. The van der Waals surface area contributed by atoms with Gasteiger partial charge in [0, 0.05) is 18.3 Å². The molecule has 0 aliphatic heterocycles. The normalized spacial score (nSPS) is 11.3. The van der Waals surface area contributed by atoms with Gasteiger partial charge in [0.2, 0.25) is 0 Å². The number of halogens is 3. The summed E-state index contributed by atoms with van der Waals surface area (Å²) in [5.74, 6) is -1.80. The highest BCUT2D eigenvalue weighted by atomic mass is 19.4. The molecule has 0 spiro atoms. The molecule has 0 saturated heterocycles. The summed E-state index contributed by atoms with van der Waals surface area (Å²) in [6.07, 6.45) is -3.07. The van der Waals surface area contributed by atoms with Crippen LogP contribution >= 0.6 is 0 Å². The van der Waals surface area contributed by atoms with Crippen molar-refractivity contribution >= 4 is 11.6 Å². The van der Waals surface area contributed by atoms with Crippen molar-refractivity contribution in [2.24, 2.45) is 0 Å². The second kappa shape index (κ2) is 6.71. The molecule has 25 heavy (non-hydrogen) atoms. The number of rotatable bonds is 4. The highest BCUT2D eigenvalue weighted by Gasteiger charge is 2.38. The fourth-order valence-electron chi connectivity index (χ4n) is 2.02. The lowest BCUT2D eigenvalue weighted by Crippen LogP contribution is -2.13. The smallest absolute Gasteiger partial charge is 0.329 e. The Morgan fingerprint density at radius 2 is 1.88 bits per heavy atom. The van der Waals surface area contributed by atoms with E-state index in [1.54, 1.807) is 42.5 Å². The second-order valence-electron chi connectivity index (χ2n) is 5.06. The lowest BCUT2D eigenvalue weighted by molar-refractivity contribution is -0.159. The lowest BCUT2D eigenvalue weighted by atomic mass is 10.1. The Balaban J connectivity index is 1.64. The molecule has 0 radical (unpaired) electrons. The molecule has 1 amide bonds. The van der Waals surface area contributed by atoms with Crippen molar-refractivity contribution in [3.05, 3.63) is 71.6 Å². The molecule has 1 aromatic carbocycles. The number of nitrogens with zero attached hydrogens (tertiary/aromatic N) is 3. The number of benzene rings is 1. The molecule has 0 unspecified atom stereocenters. The predicted molar refractivity (Wildman–Crippen MR) is 80.7 cm³/mol. The van der Waals surface area contributed by atoms with Crippen molar-refractivity contribution in [3.63, 3.8) is 0 Å². The fourth-order valence-corrected chi connectivity index (χ4v) is 2.02. The number of carbonyl (C=O) groups is 1. The summed E-state index contributed by atoms with van der Waals surface area (Å²) in [5.41, 5.74) is 1.48. The van der Waals surface area contributed by atoms with Crippen molar-refractivity contribution in [1.29, 1.82) is 0 Å². The first-order valence-electron chi connectivity index (χ1n) is 7.13. The van der Waals surface area contributed by atoms with Crippen LogP contribution in [0.5, 0.6) is 0 Å². The number of anilines is 1. The topological polar surface area (TPSA) is 80.9 Å². The Bertz CT molecular complexity index is 861. The van der Waals surface area contributed by atoms with Gasteiger partial charge in [0.25, 0.3) is 5.91 Å². The molecule has 128 valence electrons. The number of nitrogens with one attached hydrogen (secondary N) is 1. The van der Waals surface area contributed by atoms with Gasteiger partial charge >= 0.3 is 12.1 Å². The average molecular weight is 348 g/mol. The third kappa shape index (κ3) is 4.19. The Morgan fingerprint density at radius 3 is 2.48 bits per heavy atom. The van der Waals surface area contributed by atoms with Crippen molar-refractivity contribution in [1.82, 2.24) is 15.1 Å². The highest BCUT2D eigenvalue weighted by Crippen LogP contribution is 2.27. The van der Waals surface area contributed by atoms with E-state index in [-0.39, 0.29) is 23.8 Å². The molecule has 3 aromatic rings. The van der Waals surface area contributed by atoms with Crippen LogP contribution in [0.3, 0.4) is 0 Å². The quantitative estimate of drug-likeness (QED) is 0.782. The first-order valence-corrected chi connectivity index (χ1v) is 7.13. The first-order chi connectivity index (χ1) is 11.9. The van der Waals surface area contributed by atoms with Crippen LogP contribution in [-0.4, -0.2) is 21.0 Å². The largest absolute Gasteiger partial charge is 0.471 e. The molecule has 0 aliphatic rings. The van der Waals surface area contributed by atoms with E-state index in [2.05, 4.69) is 25.0 Å². The second-order valence-corrected chi connectivity index (χ2v) is 5.06. The van der Waals surface area contributed by atoms with Crippen LogP contribution in [0, 0.1) is 0 Å². The van der Waals surface area contributed by atoms with Crippen molar-refractivity contribution < 1.29 is 22.5 Å². The van der Waals surface area contributed by atoms with Gasteiger partial charge in [0.1, 0.15) is 5.69 Å². The number of hydrogen-bond acceptors (Lipinski definition) is 5. The summed E-state index contributed by atoms with van der Waals surface area (Å²) in [5, 5.41) is 5.98. The molecule has 2 aromatic heterocycles. The summed E-state index contributed by atoms with van der Waals surface area (Å²) >= 11 is 0. The molecule has 0 bridgehead atoms. The predicted octanol–water partition coefficient (Wildman–Crippen LogP) is 3.33. The maximum atomic E-state index is 12.4. The number of aromatic nitrogens is 3. The number of amides is 1. The van der Waals surface area contributed by atoms with Gasteiger partial charge in [-0.05, 0) is 29.8 Å². The zero-order valence-electron chi connectivity index (χ0n) is 12.6. The number of carbonyl (C=O) groups excluding carboxylic acids is 1. The third-order valence-electron chi connectivity index (χ3n) is 3.18.